The Morgan fingerprint density at radius 1 is 1.08 bits per heavy atom. The van der Waals surface area contributed by atoms with Crippen LogP contribution in [0.4, 0.5) is 5.82 Å². The first-order chi connectivity index (χ1) is 12.3. The number of nitrogens with zero attached hydrogens (tertiary/aromatic N) is 5. The van der Waals surface area contributed by atoms with Gasteiger partial charge in [0.05, 0.1) is 18.2 Å². The number of hydrogen-bond donors (Lipinski definition) is 0. The fourth-order valence-corrected chi connectivity index (χ4v) is 3.99. The molecule has 2 aromatic heterocycles. The van der Waals surface area contributed by atoms with Crippen LogP contribution in [0.25, 0.3) is 0 Å². The third-order valence-corrected chi connectivity index (χ3v) is 5.27. The number of carbonyl (C=O) groups excluding carboxylic acids is 1. The lowest BCUT2D eigenvalue weighted by Gasteiger charge is -2.31. The number of anilines is 1. The van der Waals surface area contributed by atoms with Crippen LogP contribution in [-0.2, 0) is 6.54 Å². The molecule has 4 heterocycles. The highest BCUT2D eigenvalue weighted by atomic mass is 16.2. The number of piperidine rings is 1. The molecule has 6 heteroatoms. The molecule has 0 unspecified atom stereocenters. The van der Waals surface area contributed by atoms with Gasteiger partial charge in [0, 0.05) is 38.2 Å². The summed E-state index contributed by atoms with van der Waals surface area (Å²) < 4.78 is 1.92. The van der Waals surface area contributed by atoms with Gasteiger partial charge in [-0.25, -0.2) is 4.98 Å². The van der Waals surface area contributed by atoms with E-state index < -0.39 is 0 Å². The van der Waals surface area contributed by atoms with E-state index >= 15 is 0 Å². The summed E-state index contributed by atoms with van der Waals surface area (Å²) >= 11 is 0. The number of pyridine rings is 1. The number of amides is 1. The summed E-state index contributed by atoms with van der Waals surface area (Å²) in [5.74, 6) is 0.972. The highest BCUT2D eigenvalue weighted by Gasteiger charge is 2.32. The van der Waals surface area contributed by atoms with Gasteiger partial charge in [0.15, 0.2) is 0 Å². The van der Waals surface area contributed by atoms with Gasteiger partial charge < -0.3 is 9.80 Å². The van der Waals surface area contributed by atoms with E-state index in [1.54, 1.807) is 12.4 Å². The van der Waals surface area contributed by atoms with Gasteiger partial charge >= 0.3 is 0 Å². The van der Waals surface area contributed by atoms with Crippen LogP contribution in [0, 0.1) is 0 Å². The van der Waals surface area contributed by atoms with Gasteiger partial charge in [-0.3, -0.25) is 9.48 Å². The van der Waals surface area contributed by atoms with Crippen molar-refractivity contribution in [3.05, 3.63) is 42.4 Å². The molecule has 132 valence electrons. The van der Waals surface area contributed by atoms with E-state index in [1.165, 1.54) is 19.3 Å². The van der Waals surface area contributed by atoms with Crippen molar-refractivity contribution in [2.24, 2.45) is 0 Å². The molecule has 0 spiro atoms. The Morgan fingerprint density at radius 2 is 1.96 bits per heavy atom. The van der Waals surface area contributed by atoms with Crippen LogP contribution in [0.3, 0.4) is 0 Å². The number of aromatic nitrogens is 3. The molecule has 2 fully saturated rings. The van der Waals surface area contributed by atoms with Crippen molar-refractivity contribution in [3.8, 4) is 0 Å². The number of likely N-dealkylation sites (tertiary alicyclic amines) is 1. The standard InChI is InChI=1S/C19H25N5O/c25-19(24-14-5-7-16(24)15-23-13-6-10-21-23)17-8-4-9-20-18(17)22-11-2-1-3-12-22/h4,6,8-10,13,16H,1-3,5,7,11-12,14-15H2/t16-/m0/s1. The molecule has 25 heavy (non-hydrogen) atoms. The van der Waals surface area contributed by atoms with E-state index in [4.69, 9.17) is 0 Å². The summed E-state index contributed by atoms with van der Waals surface area (Å²) in [4.78, 5) is 22.1. The Hall–Kier alpha value is -2.37. The van der Waals surface area contributed by atoms with Gasteiger partial charge in [0.25, 0.3) is 5.91 Å². The van der Waals surface area contributed by atoms with E-state index in [2.05, 4.69) is 15.0 Å². The van der Waals surface area contributed by atoms with E-state index in [0.29, 0.717) is 0 Å². The summed E-state index contributed by atoms with van der Waals surface area (Å²) in [6, 6.07) is 5.94. The molecule has 0 aromatic carbocycles. The van der Waals surface area contributed by atoms with Crippen LogP contribution in [-0.4, -0.2) is 51.2 Å². The summed E-state index contributed by atoms with van der Waals surface area (Å²) in [5, 5.41) is 4.30. The molecule has 4 rings (SSSR count). The van der Waals surface area contributed by atoms with Gasteiger partial charge in [0.2, 0.25) is 0 Å². The van der Waals surface area contributed by atoms with Crippen LogP contribution < -0.4 is 4.90 Å². The summed E-state index contributed by atoms with van der Waals surface area (Å²) in [7, 11) is 0. The first kappa shape index (κ1) is 16.1. The van der Waals surface area contributed by atoms with Crippen LogP contribution in [0.15, 0.2) is 36.8 Å². The van der Waals surface area contributed by atoms with Crippen LogP contribution in [0.2, 0.25) is 0 Å². The zero-order chi connectivity index (χ0) is 17.1. The van der Waals surface area contributed by atoms with Crippen molar-refractivity contribution in [2.45, 2.75) is 44.7 Å². The smallest absolute Gasteiger partial charge is 0.257 e. The molecule has 0 saturated carbocycles. The summed E-state index contributed by atoms with van der Waals surface area (Å²) in [6.07, 6.45) is 11.3. The molecule has 0 N–H and O–H groups in total. The lowest BCUT2D eigenvalue weighted by Crippen LogP contribution is -2.40. The van der Waals surface area contributed by atoms with Crippen LogP contribution >= 0.6 is 0 Å². The van der Waals surface area contributed by atoms with Crippen molar-refractivity contribution in [1.29, 1.82) is 0 Å². The number of hydrogen-bond acceptors (Lipinski definition) is 4. The zero-order valence-electron chi connectivity index (χ0n) is 14.5. The maximum absolute atomic E-state index is 13.3. The third kappa shape index (κ3) is 3.38. The average Bonchev–Trinajstić information content (AvgIpc) is 3.34. The fraction of sp³-hybridized carbons (Fsp3) is 0.526. The molecule has 1 amide bonds. The molecular formula is C19H25N5O. The second kappa shape index (κ2) is 7.25. The molecule has 2 aliphatic heterocycles. The highest BCUT2D eigenvalue weighted by molar-refractivity contribution is 5.99. The molecule has 2 saturated heterocycles. The predicted molar refractivity (Wildman–Crippen MR) is 96.6 cm³/mol. The highest BCUT2D eigenvalue weighted by Crippen LogP contribution is 2.27. The monoisotopic (exact) mass is 339 g/mol. The molecule has 0 bridgehead atoms. The largest absolute Gasteiger partial charge is 0.356 e. The minimum Gasteiger partial charge on any atom is -0.356 e. The Kier molecular flexibility index (Phi) is 4.68. The van der Waals surface area contributed by atoms with Crippen molar-refractivity contribution in [2.75, 3.05) is 24.5 Å². The lowest BCUT2D eigenvalue weighted by atomic mass is 10.1. The maximum Gasteiger partial charge on any atom is 0.257 e. The lowest BCUT2D eigenvalue weighted by molar-refractivity contribution is 0.0722. The van der Waals surface area contributed by atoms with Crippen molar-refractivity contribution in [1.82, 2.24) is 19.7 Å². The average molecular weight is 339 g/mol. The second-order valence-electron chi connectivity index (χ2n) is 6.94. The first-order valence-corrected chi connectivity index (χ1v) is 9.31. The van der Waals surface area contributed by atoms with Crippen molar-refractivity contribution < 1.29 is 4.79 Å². The molecule has 1 atom stereocenters. The van der Waals surface area contributed by atoms with Gasteiger partial charge in [-0.1, -0.05) is 0 Å². The quantitative estimate of drug-likeness (QED) is 0.859. The minimum atomic E-state index is 0.114. The molecule has 6 nitrogen and oxygen atoms in total. The van der Waals surface area contributed by atoms with Gasteiger partial charge in [-0.05, 0) is 50.3 Å². The number of rotatable bonds is 4. The Balaban J connectivity index is 1.55. The molecule has 2 aliphatic rings. The van der Waals surface area contributed by atoms with Gasteiger partial charge in [-0.15, -0.1) is 0 Å². The van der Waals surface area contributed by atoms with Crippen molar-refractivity contribution >= 4 is 11.7 Å². The topological polar surface area (TPSA) is 54.3 Å². The van der Waals surface area contributed by atoms with Crippen LogP contribution in [0.1, 0.15) is 42.5 Å². The summed E-state index contributed by atoms with van der Waals surface area (Å²) in [6.45, 7) is 3.57. The molecule has 0 aliphatic carbocycles. The van der Waals surface area contributed by atoms with E-state index in [9.17, 15) is 4.79 Å². The molecular weight excluding hydrogens is 314 g/mol. The zero-order valence-corrected chi connectivity index (χ0v) is 14.5. The fourth-order valence-electron chi connectivity index (χ4n) is 3.99. The minimum absolute atomic E-state index is 0.114. The van der Waals surface area contributed by atoms with Crippen LogP contribution in [0.5, 0.6) is 0 Å². The Morgan fingerprint density at radius 3 is 2.76 bits per heavy atom. The van der Waals surface area contributed by atoms with E-state index in [1.807, 2.05) is 34.0 Å². The maximum atomic E-state index is 13.3. The Labute approximate surface area is 148 Å². The SMILES string of the molecule is O=C(c1cccnc1N1CCCCC1)N1CCC[C@H]1Cn1cccn1. The van der Waals surface area contributed by atoms with E-state index in [0.717, 1.165) is 50.4 Å². The molecule has 2 aromatic rings. The second-order valence-corrected chi connectivity index (χ2v) is 6.94. The van der Waals surface area contributed by atoms with Gasteiger partial charge in [0.1, 0.15) is 5.82 Å². The summed E-state index contributed by atoms with van der Waals surface area (Å²) in [5.41, 5.74) is 0.747. The first-order valence-electron chi connectivity index (χ1n) is 9.31. The van der Waals surface area contributed by atoms with E-state index in [-0.39, 0.29) is 11.9 Å². The molecule has 0 radical (unpaired) electrons. The number of carbonyl (C=O) groups is 1. The van der Waals surface area contributed by atoms with Crippen molar-refractivity contribution in [3.63, 3.8) is 0 Å². The normalized spacial score (nSPS) is 20.9. The Bertz CT molecular complexity index is 708. The third-order valence-electron chi connectivity index (χ3n) is 5.27. The predicted octanol–water partition coefficient (Wildman–Crippen LogP) is 2.57. The van der Waals surface area contributed by atoms with Gasteiger partial charge in [-0.2, -0.15) is 5.10 Å².